The van der Waals surface area contributed by atoms with Crippen LogP contribution >= 0.6 is 0 Å². The number of allylic oxidation sites excluding steroid dienone is 1. The first-order valence-corrected chi connectivity index (χ1v) is 4.06. The molecule has 0 N–H and O–H groups in total. The van der Waals surface area contributed by atoms with E-state index in [1.165, 1.54) is 18.4 Å². The molecule has 0 aliphatic carbocycles. The molecular formula is C10H18+2. The molecule has 0 spiro atoms. The van der Waals surface area contributed by atoms with E-state index in [0.717, 1.165) is 25.7 Å². The summed E-state index contributed by atoms with van der Waals surface area (Å²) in [6.07, 6.45) is 6.76. The fourth-order valence-electron chi connectivity index (χ4n) is 0.875. The highest BCUT2D eigenvalue weighted by atomic mass is 14.0. The summed E-state index contributed by atoms with van der Waals surface area (Å²) in [5.74, 6) is 0. The molecule has 0 aromatic rings. The number of hydrogen-bond donors (Lipinski definition) is 0. The van der Waals surface area contributed by atoms with E-state index >= 15 is 0 Å². The van der Waals surface area contributed by atoms with Gasteiger partial charge in [0, 0.05) is 0 Å². The van der Waals surface area contributed by atoms with E-state index in [1.807, 2.05) is 0 Å². The molecule has 0 radical (unpaired) electrons. The molecule has 0 aliphatic rings. The SMILES string of the molecule is C=C(CCC[CH2+])CCC[CH2+]. The van der Waals surface area contributed by atoms with Crippen LogP contribution in [0.1, 0.15) is 38.5 Å². The Balaban J connectivity index is 3.09. The van der Waals surface area contributed by atoms with Crippen molar-refractivity contribution in [1.82, 2.24) is 0 Å². The lowest BCUT2D eigenvalue weighted by molar-refractivity contribution is 0.748. The summed E-state index contributed by atoms with van der Waals surface area (Å²) in [7, 11) is 0. The van der Waals surface area contributed by atoms with E-state index in [2.05, 4.69) is 20.4 Å². The molecule has 0 heterocycles. The second kappa shape index (κ2) is 6.60. The average molecular weight is 138 g/mol. The minimum absolute atomic E-state index is 1.03. The third-order valence-corrected chi connectivity index (χ3v) is 1.56. The lowest BCUT2D eigenvalue weighted by atomic mass is 10.1. The van der Waals surface area contributed by atoms with E-state index in [4.69, 9.17) is 0 Å². The maximum atomic E-state index is 3.97. The molecule has 0 heteroatoms. The summed E-state index contributed by atoms with van der Waals surface area (Å²) in [6.45, 7) is 11.5. The minimum Gasteiger partial charge on any atom is -0.0999 e. The third kappa shape index (κ3) is 5.61. The van der Waals surface area contributed by atoms with E-state index in [1.54, 1.807) is 0 Å². The van der Waals surface area contributed by atoms with Gasteiger partial charge in [0.15, 0.2) is 0 Å². The predicted octanol–water partition coefficient (Wildman–Crippen LogP) is 3.55. The summed E-state index contributed by atoms with van der Waals surface area (Å²) >= 11 is 0. The molecule has 0 fully saturated rings. The van der Waals surface area contributed by atoms with Crippen molar-refractivity contribution in [1.29, 1.82) is 0 Å². The summed E-state index contributed by atoms with van der Waals surface area (Å²) in [5.41, 5.74) is 1.37. The molecule has 0 nitrogen and oxygen atoms in total. The minimum atomic E-state index is 1.03. The zero-order valence-corrected chi connectivity index (χ0v) is 6.86. The zero-order chi connectivity index (χ0) is 7.82. The first-order chi connectivity index (χ1) is 4.81. The first kappa shape index (κ1) is 9.48. The van der Waals surface area contributed by atoms with Crippen molar-refractivity contribution in [3.63, 3.8) is 0 Å². The van der Waals surface area contributed by atoms with Gasteiger partial charge in [-0.3, -0.25) is 0 Å². The Morgan fingerprint density at radius 2 is 1.40 bits per heavy atom. The Morgan fingerprint density at radius 1 is 1.00 bits per heavy atom. The summed E-state index contributed by atoms with van der Waals surface area (Å²) < 4.78 is 0. The van der Waals surface area contributed by atoms with Gasteiger partial charge in [-0.15, -0.1) is 0 Å². The summed E-state index contributed by atoms with van der Waals surface area (Å²) in [6, 6.07) is 0. The Labute approximate surface area is 65.3 Å². The van der Waals surface area contributed by atoms with E-state index < -0.39 is 0 Å². The summed E-state index contributed by atoms with van der Waals surface area (Å²) in [4.78, 5) is 0. The Hall–Kier alpha value is -0.520. The second-order valence-electron chi connectivity index (χ2n) is 2.66. The van der Waals surface area contributed by atoms with Crippen LogP contribution in [0.15, 0.2) is 12.2 Å². The van der Waals surface area contributed by atoms with E-state index in [-0.39, 0.29) is 0 Å². The predicted molar refractivity (Wildman–Crippen MR) is 47.6 cm³/mol. The van der Waals surface area contributed by atoms with Crippen LogP contribution in [0, 0.1) is 13.8 Å². The molecule has 56 valence electrons. The highest BCUT2D eigenvalue weighted by Crippen LogP contribution is 2.11. The van der Waals surface area contributed by atoms with Crippen LogP contribution in [0.25, 0.3) is 0 Å². The van der Waals surface area contributed by atoms with Gasteiger partial charge in [0.1, 0.15) is 0 Å². The second-order valence-corrected chi connectivity index (χ2v) is 2.66. The van der Waals surface area contributed by atoms with Crippen molar-refractivity contribution in [2.75, 3.05) is 0 Å². The smallest absolute Gasteiger partial charge is 0.0853 e. The summed E-state index contributed by atoms with van der Waals surface area (Å²) in [5, 5.41) is 0. The van der Waals surface area contributed by atoms with Crippen LogP contribution in [-0.2, 0) is 0 Å². The molecule has 0 atom stereocenters. The lowest BCUT2D eigenvalue weighted by Crippen LogP contribution is -1.81. The van der Waals surface area contributed by atoms with Crippen molar-refractivity contribution >= 4 is 0 Å². The molecule has 0 aromatic heterocycles. The van der Waals surface area contributed by atoms with Gasteiger partial charge in [0.05, 0.1) is 26.7 Å². The van der Waals surface area contributed by atoms with Crippen LogP contribution in [0.5, 0.6) is 0 Å². The van der Waals surface area contributed by atoms with Gasteiger partial charge >= 0.3 is 0 Å². The van der Waals surface area contributed by atoms with Gasteiger partial charge in [0.25, 0.3) is 0 Å². The van der Waals surface area contributed by atoms with Crippen LogP contribution in [0.2, 0.25) is 0 Å². The van der Waals surface area contributed by atoms with Gasteiger partial charge in [-0.25, -0.2) is 0 Å². The van der Waals surface area contributed by atoms with Gasteiger partial charge in [-0.05, 0) is 25.7 Å². The lowest BCUT2D eigenvalue weighted by Gasteiger charge is -1.99. The van der Waals surface area contributed by atoms with Crippen molar-refractivity contribution in [2.45, 2.75) is 38.5 Å². The van der Waals surface area contributed by atoms with Gasteiger partial charge in [-0.1, -0.05) is 12.2 Å². The third-order valence-electron chi connectivity index (χ3n) is 1.56. The maximum absolute atomic E-state index is 3.97. The largest absolute Gasteiger partial charge is 0.0999 e. The average Bonchev–Trinajstić information content (AvgIpc) is 1.97. The van der Waals surface area contributed by atoms with Crippen molar-refractivity contribution < 1.29 is 0 Å². The number of hydrogen-bond acceptors (Lipinski definition) is 0. The molecule has 0 saturated heterocycles. The van der Waals surface area contributed by atoms with Crippen molar-refractivity contribution in [3.05, 3.63) is 26.0 Å². The molecule has 0 amide bonds. The van der Waals surface area contributed by atoms with Gasteiger partial charge < -0.3 is 0 Å². The van der Waals surface area contributed by atoms with Crippen LogP contribution in [0.4, 0.5) is 0 Å². The standard InChI is InChI=1S/C10H18/c1-4-6-8-10(3)9-7-5-2/h1-9H2/q+2. The topological polar surface area (TPSA) is 0 Å². The highest BCUT2D eigenvalue weighted by molar-refractivity contribution is 4.93. The van der Waals surface area contributed by atoms with Crippen LogP contribution < -0.4 is 0 Å². The fourth-order valence-corrected chi connectivity index (χ4v) is 0.875. The van der Waals surface area contributed by atoms with Crippen molar-refractivity contribution in [3.8, 4) is 0 Å². The Kier molecular flexibility index (Phi) is 6.25. The maximum Gasteiger partial charge on any atom is 0.0853 e. The molecule has 0 aromatic carbocycles. The quantitative estimate of drug-likeness (QED) is 0.389. The number of unbranched alkanes of at least 4 members (excludes halogenated alkanes) is 2. The zero-order valence-electron chi connectivity index (χ0n) is 6.86. The molecule has 0 bridgehead atoms. The van der Waals surface area contributed by atoms with Crippen LogP contribution in [0.3, 0.4) is 0 Å². The van der Waals surface area contributed by atoms with Crippen molar-refractivity contribution in [2.24, 2.45) is 0 Å². The number of rotatable bonds is 6. The fraction of sp³-hybridized carbons (Fsp3) is 0.600. The molecule has 10 heavy (non-hydrogen) atoms. The highest BCUT2D eigenvalue weighted by Gasteiger charge is 1.95. The van der Waals surface area contributed by atoms with E-state index in [0.29, 0.717) is 0 Å². The first-order valence-electron chi connectivity index (χ1n) is 4.06. The Morgan fingerprint density at radius 3 is 1.70 bits per heavy atom. The van der Waals surface area contributed by atoms with Gasteiger partial charge in [-0.2, -0.15) is 0 Å². The molecule has 0 rings (SSSR count). The molecule has 0 aliphatic heterocycles. The normalized spacial score (nSPS) is 9.60. The molecule has 0 unspecified atom stereocenters. The van der Waals surface area contributed by atoms with Crippen LogP contribution in [-0.4, -0.2) is 0 Å². The van der Waals surface area contributed by atoms with E-state index in [9.17, 15) is 0 Å². The molecular weight excluding hydrogens is 120 g/mol. The Bertz CT molecular complexity index is 72.0. The van der Waals surface area contributed by atoms with Gasteiger partial charge in [0.2, 0.25) is 0 Å². The monoisotopic (exact) mass is 138 g/mol. The molecule has 0 saturated carbocycles.